The number of carbonyl (C=O) groups excluding carboxylic acids is 3. The second-order valence-corrected chi connectivity index (χ2v) is 14.7. The molecular formula is C38H47BN4O6. The SMILES string of the molecule is CC(C)C[C@H](NC(=O)[C@H](CNC(=O)Nc1ccccc1)NC(=O)c1ccc(Oc2ccccc2)cc1)B1O[C@@H]2C[C@H]3C[C@H](C3(C)C)[C@]2(C)O1. The summed E-state index contributed by atoms with van der Waals surface area (Å²) in [7, 11) is -0.626. The van der Waals surface area contributed by atoms with Crippen molar-refractivity contribution in [1.29, 1.82) is 0 Å². The van der Waals surface area contributed by atoms with Crippen molar-refractivity contribution < 1.29 is 28.4 Å². The second-order valence-electron chi connectivity index (χ2n) is 14.7. The zero-order valence-electron chi connectivity index (χ0n) is 28.9. The Hall–Kier alpha value is -4.35. The molecule has 1 saturated heterocycles. The molecule has 0 unspecified atom stereocenters. The number of carbonyl (C=O) groups is 3. The molecule has 4 N–H and O–H groups in total. The molecule has 0 aromatic heterocycles. The summed E-state index contributed by atoms with van der Waals surface area (Å²) in [4.78, 5) is 40.3. The van der Waals surface area contributed by atoms with E-state index in [0.717, 1.165) is 12.8 Å². The predicted molar refractivity (Wildman–Crippen MR) is 189 cm³/mol. The van der Waals surface area contributed by atoms with Gasteiger partial charge < -0.3 is 35.3 Å². The van der Waals surface area contributed by atoms with E-state index in [1.54, 1.807) is 36.4 Å². The van der Waals surface area contributed by atoms with Gasteiger partial charge in [0.25, 0.3) is 5.91 Å². The predicted octanol–water partition coefficient (Wildman–Crippen LogP) is 6.20. The van der Waals surface area contributed by atoms with Crippen LogP contribution in [0.4, 0.5) is 10.5 Å². The van der Waals surface area contributed by atoms with Crippen LogP contribution in [0.25, 0.3) is 0 Å². The smallest absolute Gasteiger partial charge is 0.457 e. The van der Waals surface area contributed by atoms with Crippen LogP contribution in [0.5, 0.6) is 11.5 Å². The summed E-state index contributed by atoms with van der Waals surface area (Å²) in [6.07, 6.45) is 2.64. The second kappa shape index (κ2) is 14.3. The quantitative estimate of drug-likeness (QED) is 0.171. The number of amides is 4. The van der Waals surface area contributed by atoms with Gasteiger partial charge in [0.05, 0.1) is 17.6 Å². The molecule has 3 aromatic carbocycles. The molecule has 3 aliphatic carbocycles. The third-order valence-electron chi connectivity index (χ3n) is 10.6. The van der Waals surface area contributed by atoms with Gasteiger partial charge >= 0.3 is 13.1 Å². The third kappa shape index (κ3) is 7.63. The zero-order chi connectivity index (χ0) is 34.8. The van der Waals surface area contributed by atoms with E-state index in [-0.39, 0.29) is 24.0 Å². The van der Waals surface area contributed by atoms with Gasteiger partial charge in [-0.3, -0.25) is 9.59 Å². The average Bonchev–Trinajstić information content (AvgIpc) is 3.44. The van der Waals surface area contributed by atoms with Crippen molar-refractivity contribution in [1.82, 2.24) is 16.0 Å². The van der Waals surface area contributed by atoms with Crippen LogP contribution in [-0.2, 0) is 14.1 Å². The van der Waals surface area contributed by atoms with Crippen LogP contribution in [0, 0.1) is 23.2 Å². The molecule has 4 fully saturated rings. The van der Waals surface area contributed by atoms with Gasteiger partial charge in [0.1, 0.15) is 17.5 Å². The van der Waals surface area contributed by atoms with Crippen molar-refractivity contribution in [2.45, 2.75) is 77.6 Å². The van der Waals surface area contributed by atoms with Gasteiger partial charge in [0, 0.05) is 17.8 Å². The van der Waals surface area contributed by atoms with Crippen LogP contribution >= 0.6 is 0 Å². The Balaban J connectivity index is 1.15. The first-order valence-electron chi connectivity index (χ1n) is 17.3. The molecule has 10 nitrogen and oxygen atoms in total. The molecule has 49 heavy (non-hydrogen) atoms. The summed E-state index contributed by atoms with van der Waals surface area (Å²) in [5, 5.41) is 11.5. The first kappa shape index (κ1) is 34.5. The largest absolute Gasteiger partial charge is 0.481 e. The first-order valence-corrected chi connectivity index (χ1v) is 17.3. The Kier molecular flexibility index (Phi) is 10.0. The highest BCUT2D eigenvalue weighted by Gasteiger charge is 2.68. The number of hydrogen-bond donors (Lipinski definition) is 4. The third-order valence-corrected chi connectivity index (χ3v) is 10.6. The summed E-state index contributed by atoms with van der Waals surface area (Å²) >= 11 is 0. The van der Waals surface area contributed by atoms with Gasteiger partial charge in [0.2, 0.25) is 5.91 Å². The minimum atomic E-state index is -1.09. The molecule has 6 atom stereocenters. The number of benzene rings is 3. The first-order chi connectivity index (χ1) is 23.4. The van der Waals surface area contributed by atoms with Crippen molar-refractivity contribution in [2.24, 2.45) is 23.2 Å². The molecule has 258 valence electrons. The topological polar surface area (TPSA) is 127 Å². The Morgan fingerprint density at radius 1 is 0.878 bits per heavy atom. The zero-order valence-corrected chi connectivity index (χ0v) is 28.9. The monoisotopic (exact) mass is 666 g/mol. The van der Waals surface area contributed by atoms with Crippen molar-refractivity contribution >= 4 is 30.7 Å². The molecule has 0 radical (unpaired) electrons. The van der Waals surface area contributed by atoms with Gasteiger partial charge in [-0.2, -0.15) is 0 Å². The van der Waals surface area contributed by atoms with Crippen LogP contribution in [0.1, 0.15) is 64.2 Å². The number of nitrogens with one attached hydrogen (secondary N) is 4. The molecule has 11 heteroatoms. The maximum Gasteiger partial charge on any atom is 0.481 e. The highest BCUT2D eigenvalue weighted by atomic mass is 16.7. The molecule has 4 amide bonds. The molecule has 3 aromatic rings. The van der Waals surface area contributed by atoms with Crippen molar-refractivity contribution in [3.8, 4) is 11.5 Å². The number of para-hydroxylation sites is 2. The Bertz CT molecular complexity index is 1620. The number of hydrogen-bond acceptors (Lipinski definition) is 6. The minimum Gasteiger partial charge on any atom is -0.457 e. The molecule has 7 rings (SSSR count). The molecule has 3 saturated carbocycles. The van der Waals surface area contributed by atoms with E-state index in [1.807, 2.05) is 48.5 Å². The van der Waals surface area contributed by atoms with Crippen LogP contribution in [-0.4, -0.2) is 55.2 Å². The minimum absolute atomic E-state index is 0.0338. The lowest BCUT2D eigenvalue weighted by Crippen LogP contribution is -2.65. The molecule has 4 aliphatic rings. The van der Waals surface area contributed by atoms with Crippen molar-refractivity contribution in [2.75, 3.05) is 11.9 Å². The van der Waals surface area contributed by atoms with Gasteiger partial charge in [0.15, 0.2) is 0 Å². The van der Waals surface area contributed by atoms with E-state index in [1.165, 1.54) is 0 Å². The molecular weight excluding hydrogens is 619 g/mol. The van der Waals surface area contributed by atoms with E-state index in [0.29, 0.717) is 41.0 Å². The van der Waals surface area contributed by atoms with E-state index in [2.05, 4.69) is 55.9 Å². The number of anilines is 1. The van der Waals surface area contributed by atoms with Gasteiger partial charge in [-0.05, 0) is 97.9 Å². The van der Waals surface area contributed by atoms with Crippen LogP contribution in [0.3, 0.4) is 0 Å². The fourth-order valence-electron chi connectivity index (χ4n) is 7.74. The van der Waals surface area contributed by atoms with Crippen molar-refractivity contribution in [3.05, 3.63) is 90.5 Å². The van der Waals surface area contributed by atoms with E-state index < -0.39 is 42.5 Å². The van der Waals surface area contributed by atoms with Crippen LogP contribution < -0.4 is 26.0 Å². The molecule has 1 heterocycles. The fourth-order valence-corrected chi connectivity index (χ4v) is 7.74. The Labute approximate surface area is 289 Å². The van der Waals surface area contributed by atoms with E-state index >= 15 is 0 Å². The van der Waals surface area contributed by atoms with Crippen LogP contribution in [0.15, 0.2) is 84.9 Å². The van der Waals surface area contributed by atoms with Gasteiger partial charge in [-0.1, -0.05) is 64.1 Å². The normalized spacial score (nSPS) is 24.5. The summed E-state index contributed by atoms with van der Waals surface area (Å²) in [5.41, 5.74) is 0.704. The Morgan fingerprint density at radius 2 is 1.53 bits per heavy atom. The number of urea groups is 1. The van der Waals surface area contributed by atoms with E-state index in [9.17, 15) is 14.4 Å². The standard InChI is InChI=1S/C38H47BN4O6/c1-24(2)20-33(39-48-32-22-26-21-31(37(26,3)4)38(32,5)49-39)43-35(45)30(23-40-36(46)41-27-12-8-6-9-13-27)42-34(44)25-16-18-29(19-17-25)47-28-14-10-7-11-15-28/h6-19,24,26,30-33H,20-23H2,1-5H3,(H,42,44)(H,43,45)(H2,40,41,46)/t26-,30+,31-,32-,33+,38+/m1/s1. The van der Waals surface area contributed by atoms with E-state index in [4.69, 9.17) is 14.0 Å². The van der Waals surface area contributed by atoms with Gasteiger partial charge in [-0.15, -0.1) is 0 Å². The maximum absolute atomic E-state index is 14.0. The Morgan fingerprint density at radius 3 is 2.18 bits per heavy atom. The average molecular weight is 667 g/mol. The summed E-state index contributed by atoms with van der Waals surface area (Å²) < 4.78 is 19.2. The lowest BCUT2D eigenvalue weighted by atomic mass is 9.43. The maximum atomic E-state index is 14.0. The lowest BCUT2D eigenvalue weighted by molar-refractivity contribution is -0.199. The van der Waals surface area contributed by atoms with Crippen molar-refractivity contribution in [3.63, 3.8) is 0 Å². The number of rotatable bonds is 12. The lowest BCUT2D eigenvalue weighted by Gasteiger charge is -2.64. The van der Waals surface area contributed by atoms with Crippen LogP contribution in [0.2, 0.25) is 0 Å². The molecule has 1 aliphatic heterocycles. The number of ether oxygens (including phenoxy) is 1. The summed E-state index contributed by atoms with van der Waals surface area (Å²) in [6.45, 7) is 10.8. The fraction of sp³-hybridized carbons (Fsp3) is 0.447. The molecule has 2 bridgehead atoms. The summed E-state index contributed by atoms with van der Waals surface area (Å²) in [5.74, 6) is 1.09. The molecule has 0 spiro atoms. The summed E-state index contributed by atoms with van der Waals surface area (Å²) in [6, 6.07) is 23.4. The highest BCUT2D eigenvalue weighted by molar-refractivity contribution is 6.48. The highest BCUT2D eigenvalue weighted by Crippen LogP contribution is 2.65. The van der Waals surface area contributed by atoms with Gasteiger partial charge in [-0.25, -0.2) is 4.79 Å².